The molecule has 1 aromatic rings. The number of ether oxygens (including phenoxy) is 1. The largest absolute Gasteiger partial charge is 0.508 e. The number of carbonyl (C=O) groups is 2. The standard InChI is InChI=1S/C29H41NO6/c1-18(2)9-6-10-19(3)11-7-13-29(5)25(32)16-22-24(31)15-21-23(26(22)36-29)17-30(27(21)33)14-8-12-20(4)28(34)35/h9,11,15,20,25,31-32H,6-8,10,12-14,16-17H2,1-5H3,(H,34,35)/t20-,25-,29-/m0/s1. The number of phenolic OH excluding ortho intramolecular Hbond substituents is 1. The summed E-state index contributed by atoms with van der Waals surface area (Å²) >= 11 is 0. The van der Waals surface area contributed by atoms with E-state index in [0.29, 0.717) is 49.2 Å². The van der Waals surface area contributed by atoms with E-state index in [9.17, 15) is 19.8 Å². The second-order valence-corrected chi connectivity index (χ2v) is 10.9. The van der Waals surface area contributed by atoms with Crippen LogP contribution in [0.2, 0.25) is 0 Å². The first-order chi connectivity index (χ1) is 16.9. The van der Waals surface area contributed by atoms with E-state index in [4.69, 9.17) is 9.84 Å². The van der Waals surface area contributed by atoms with Crippen LogP contribution in [0.1, 0.15) is 94.6 Å². The molecule has 1 aromatic carbocycles. The number of hydrogen-bond acceptors (Lipinski definition) is 5. The molecule has 0 aromatic heterocycles. The third-order valence-corrected chi connectivity index (χ3v) is 7.48. The maximum absolute atomic E-state index is 13.0. The fourth-order valence-electron chi connectivity index (χ4n) is 4.95. The van der Waals surface area contributed by atoms with Crippen molar-refractivity contribution in [1.29, 1.82) is 0 Å². The van der Waals surface area contributed by atoms with Crippen molar-refractivity contribution in [3.63, 3.8) is 0 Å². The number of benzene rings is 1. The highest BCUT2D eigenvalue weighted by Gasteiger charge is 2.44. The Morgan fingerprint density at radius 2 is 1.97 bits per heavy atom. The summed E-state index contributed by atoms with van der Waals surface area (Å²) in [4.78, 5) is 25.8. The Kier molecular flexibility index (Phi) is 8.88. The van der Waals surface area contributed by atoms with E-state index in [1.165, 1.54) is 17.2 Å². The quantitative estimate of drug-likeness (QED) is 0.353. The summed E-state index contributed by atoms with van der Waals surface area (Å²) < 4.78 is 6.42. The molecule has 0 bridgehead atoms. The number of carboxylic acid groups (broad SMARTS) is 1. The Hall–Kier alpha value is -2.80. The molecule has 2 aliphatic rings. The second kappa shape index (κ2) is 11.5. The summed E-state index contributed by atoms with van der Waals surface area (Å²) in [6.07, 6.45) is 8.37. The summed E-state index contributed by atoms with van der Waals surface area (Å²) in [5, 5.41) is 30.7. The molecule has 2 aliphatic heterocycles. The van der Waals surface area contributed by atoms with E-state index in [-0.39, 0.29) is 18.1 Å². The van der Waals surface area contributed by atoms with Crippen molar-refractivity contribution in [2.75, 3.05) is 6.54 Å². The molecular formula is C29H41NO6. The lowest BCUT2D eigenvalue weighted by Gasteiger charge is -2.40. The molecule has 3 atom stereocenters. The third kappa shape index (κ3) is 6.30. The molecule has 7 heteroatoms. The van der Waals surface area contributed by atoms with Crippen LogP contribution in [-0.2, 0) is 17.8 Å². The molecule has 0 aliphatic carbocycles. The van der Waals surface area contributed by atoms with E-state index in [2.05, 4.69) is 32.9 Å². The molecule has 0 saturated heterocycles. The first kappa shape index (κ1) is 27.8. The lowest BCUT2D eigenvalue weighted by molar-refractivity contribution is -0.141. The summed E-state index contributed by atoms with van der Waals surface area (Å²) in [6, 6.07) is 1.48. The van der Waals surface area contributed by atoms with Gasteiger partial charge in [0.2, 0.25) is 0 Å². The van der Waals surface area contributed by atoms with Gasteiger partial charge in [-0.3, -0.25) is 9.59 Å². The van der Waals surface area contributed by atoms with Gasteiger partial charge in [0.05, 0.1) is 24.1 Å². The SMILES string of the molecule is CC(C)=CCCC(C)=CCC[C@]1(C)Oc2c(c(O)cc3c2CN(CCC[C@H](C)C(=O)O)C3=O)C[C@@H]1O. The van der Waals surface area contributed by atoms with Gasteiger partial charge in [-0.05, 0) is 72.3 Å². The lowest BCUT2D eigenvalue weighted by Crippen LogP contribution is -2.49. The summed E-state index contributed by atoms with van der Waals surface area (Å²) in [7, 11) is 0. The van der Waals surface area contributed by atoms with Gasteiger partial charge >= 0.3 is 5.97 Å². The highest BCUT2D eigenvalue weighted by Crippen LogP contribution is 2.46. The number of aliphatic hydroxyl groups excluding tert-OH is 1. The van der Waals surface area contributed by atoms with Crippen molar-refractivity contribution in [3.05, 3.63) is 46.1 Å². The molecule has 0 fully saturated rings. The zero-order valence-corrected chi connectivity index (χ0v) is 22.3. The van der Waals surface area contributed by atoms with E-state index in [0.717, 1.165) is 24.8 Å². The molecule has 0 unspecified atom stereocenters. The number of aromatic hydroxyl groups is 1. The zero-order valence-electron chi connectivity index (χ0n) is 22.3. The molecule has 0 saturated carbocycles. The van der Waals surface area contributed by atoms with Crippen molar-refractivity contribution in [3.8, 4) is 11.5 Å². The highest BCUT2D eigenvalue weighted by atomic mass is 16.5. The average Bonchev–Trinajstić information content (AvgIpc) is 3.10. The van der Waals surface area contributed by atoms with Crippen LogP contribution in [0, 0.1) is 5.92 Å². The molecule has 0 spiro atoms. The Labute approximate surface area is 214 Å². The van der Waals surface area contributed by atoms with Crippen LogP contribution in [0.25, 0.3) is 0 Å². The molecule has 3 rings (SSSR count). The number of phenols is 1. The fourth-order valence-corrected chi connectivity index (χ4v) is 4.95. The van der Waals surface area contributed by atoms with Crippen LogP contribution in [0.4, 0.5) is 0 Å². The Morgan fingerprint density at radius 3 is 2.64 bits per heavy atom. The average molecular weight is 500 g/mol. The van der Waals surface area contributed by atoms with Crippen molar-refractivity contribution < 1.29 is 29.6 Å². The van der Waals surface area contributed by atoms with E-state index < -0.39 is 23.6 Å². The zero-order chi connectivity index (χ0) is 26.6. The maximum Gasteiger partial charge on any atom is 0.306 e. The molecule has 36 heavy (non-hydrogen) atoms. The number of carbonyl (C=O) groups excluding carboxylic acids is 1. The first-order valence-electron chi connectivity index (χ1n) is 13.0. The lowest BCUT2D eigenvalue weighted by atomic mass is 9.84. The van der Waals surface area contributed by atoms with Gasteiger partial charge in [0.15, 0.2) is 0 Å². The van der Waals surface area contributed by atoms with Crippen molar-refractivity contribution in [1.82, 2.24) is 4.90 Å². The van der Waals surface area contributed by atoms with E-state index in [1.807, 2.05) is 6.92 Å². The van der Waals surface area contributed by atoms with Crippen molar-refractivity contribution >= 4 is 11.9 Å². The third-order valence-electron chi connectivity index (χ3n) is 7.48. The van der Waals surface area contributed by atoms with E-state index in [1.54, 1.807) is 11.8 Å². The maximum atomic E-state index is 13.0. The first-order valence-corrected chi connectivity index (χ1v) is 13.0. The number of allylic oxidation sites excluding steroid dienone is 4. The molecule has 1 amide bonds. The van der Waals surface area contributed by atoms with Crippen LogP contribution >= 0.6 is 0 Å². The number of nitrogens with zero attached hydrogens (tertiary/aromatic N) is 1. The van der Waals surface area contributed by atoms with Crippen LogP contribution in [0.5, 0.6) is 11.5 Å². The van der Waals surface area contributed by atoms with Crippen LogP contribution in [-0.4, -0.2) is 50.3 Å². The van der Waals surface area contributed by atoms with Crippen LogP contribution < -0.4 is 4.74 Å². The van der Waals surface area contributed by atoms with Crippen LogP contribution in [0.15, 0.2) is 29.4 Å². The number of aliphatic carboxylic acids is 1. The second-order valence-electron chi connectivity index (χ2n) is 10.9. The summed E-state index contributed by atoms with van der Waals surface area (Å²) in [5.41, 5.74) is 3.49. The van der Waals surface area contributed by atoms with E-state index >= 15 is 0 Å². The smallest absolute Gasteiger partial charge is 0.306 e. The topological polar surface area (TPSA) is 107 Å². The summed E-state index contributed by atoms with van der Waals surface area (Å²) in [5.74, 6) is -1.00. The predicted molar refractivity (Wildman–Crippen MR) is 139 cm³/mol. The van der Waals surface area contributed by atoms with Gasteiger partial charge in [0.1, 0.15) is 17.1 Å². The number of carboxylic acids is 1. The van der Waals surface area contributed by atoms with Gasteiger partial charge < -0.3 is 25.0 Å². The minimum absolute atomic E-state index is 0.0328. The fraction of sp³-hybridized carbons (Fsp3) is 0.586. The number of rotatable bonds is 11. The summed E-state index contributed by atoms with van der Waals surface area (Å²) in [6.45, 7) is 10.7. The van der Waals surface area contributed by atoms with Gasteiger partial charge in [0, 0.05) is 24.1 Å². The normalized spacial score (nSPS) is 22.1. The molecule has 3 N–H and O–H groups in total. The molecule has 0 radical (unpaired) electrons. The van der Waals surface area contributed by atoms with Crippen molar-refractivity contribution in [2.24, 2.45) is 5.92 Å². The van der Waals surface area contributed by atoms with Gasteiger partial charge in [0.25, 0.3) is 5.91 Å². The monoisotopic (exact) mass is 499 g/mol. The van der Waals surface area contributed by atoms with Crippen LogP contribution in [0.3, 0.4) is 0 Å². The Morgan fingerprint density at radius 1 is 1.25 bits per heavy atom. The molecular weight excluding hydrogens is 458 g/mol. The Bertz CT molecular complexity index is 1050. The minimum atomic E-state index is -0.839. The molecule has 198 valence electrons. The number of hydrogen-bond donors (Lipinski definition) is 3. The molecule has 2 heterocycles. The van der Waals surface area contributed by atoms with Gasteiger partial charge in [-0.15, -0.1) is 0 Å². The highest BCUT2D eigenvalue weighted by molar-refractivity contribution is 6.00. The number of amides is 1. The van der Waals surface area contributed by atoms with Gasteiger partial charge in [-0.2, -0.15) is 0 Å². The molecule has 7 nitrogen and oxygen atoms in total. The minimum Gasteiger partial charge on any atom is -0.508 e. The van der Waals surface area contributed by atoms with Crippen molar-refractivity contribution in [2.45, 2.75) is 97.8 Å². The number of fused-ring (bicyclic) bond motifs is 3. The Balaban J connectivity index is 1.72. The van der Waals surface area contributed by atoms with Gasteiger partial charge in [-0.1, -0.05) is 30.2 Å². The van der Waals surface area contributed by atoms with Gasteiger partial charge in [-0.25, -0.2) is 0 Å². The predicted octanol–water partition coefficient (Wildman–Crippen LogP) is 5.38. The number of aliphatic hydroxyl groups is 1.